The van der Waals surface area contributed by atoms with Crippen molar-refractivity contribution in [3.8, 4) is 17.3 Å². The van der Waals surface area contributed by atoms with E-state index in [1.54, 1.807) is 26.8 Å². The minimum atomic E-state index is -0.840. The lowest BCUT2D eigenvalue weighted by Crippen LogP contribution is -2.27. The van der Waals surface area contributed by atoms with E-state index in [4.69, 9.17) is 10.5 Å². The summed E-state index contributed by atoms with van der Waals surface area (Å²) in [5, 5.41) is 7.33. The molecule has 0 aliphatic carbocycles. The number of halogens is 2. The molecule has 1 aliphatic rings. The lowest BCUT2D eigenvalue weighted by atomic mass is 9.87. The number of aromatic nitrogens is 4. The van der Waals surface area contributed by atoms with Crippen LogP contribution in [0, 0.1) is 25.5 Å². The Morgan fingerprint density at radius 3 is 2.56 bits per heavy atom. The Morgan fingerprint density at radius 2 is 1.85 bits per heavy atom. The number of nitrogen functional groups attached to an aromatic ring is 1. The molecule has 174 valence electrons. The average Bonchev–Trinajstić information content (AvgIpc) is 3.19. The highest BCUT2D eigenvalue weighted by molar-refractivity contribution is 6.06. The fraction of sp³-hybridized carbons (Fsp3) is 0.250. The van der Waals surface area contributed by atoms with Crippen LogP contribution in [0.5, 0.6) is 5.88 Å². The van der Waals surface area contributed by atoms with Gasteiger partial charge in [-0.1, -0.05) is 6.07 Å². The summed E-state index contributed by atoms with van der Waals surface area (Å²) < 4.78 is 35.5. The van der Waals surface area contributed by atoms with Crippen LogP contribution in [0.4, 0.5) is 20.4 Å². The quantitative estimate of drug-likeness (QED) is 0.471. The topological polar surface area (TPSA) is 107 Å². The summed E-state index contributed by atoms with van der Waals surface area (Å²) >= 11 is 0. The second-order valence-corrected chi connectivity index (χ2v) is 8.85. The van der Waals surface area contributed by atoms with Crippen LogP contribution in [-0.2, 0) is 16.8 Å². The minimum absolute atomic E-state index is 0.172. The molecule has 0 atom stereocenters. The van der Waals surface area contributed by atoms with Gasteiger partial charge in [-0.25, -0.2) is 23.3 Å². The number of carbonyl (C=O) groups excluding carboxylic acids is 1. The number of benzene rings is 1. The maximum atomic E-state index is 14.1. The van der Waals surface area contributed by atoms with Crippen molar-refractivity contribution in [2.45, 2.75) is 39.7 Å². The zero-order valence-corrected chi connectivity index (χ0v) is 19.0. The van der Waals surface area contributed by atoms with Crippen LogP contribution in [0.1, 0.15) is 36.2 Å². The molecule has 5 rings (SSSR count). The van der Waals surface area contributed by atoms with Crippen LogP contribution in [0.3, 0.4) is 0 Å². The van der Waals surface area contributed by atoms with E-state index in [0.717, 1.165) is 5.56 Å². The molecule has 0 saturated carbocycles. The summed E-state index contributed by atoms with van der Waals surface area (Å²) in [7, 11) is 0. The zero-order chi connectivity index (χ0) is 24.4. The molecule has 3 N–H and O–H groups in total. The molecule has 10 heteroatoms. The second kappa shape index (κ2) is 7.47. The van der Waals surface area contributed by atoms with Gasteiger partial charge < -0.3 is 15.8 Å². The summed E-state index contributed by atoms with van der Waals surface area (Å²) in [4.78, 5) is 21.4. The van der Waals surface area contributed by atoms with Crippen LogP contribution >= 0.6 is 0 Å². The third kappa shape index (κ3) is 3.25. The number of anilines is 2. The lowest BCUT2D eigenvalue weighted by molar-refractivity contribution is -0.119. The van der Waals surface area contributed by atoms with Gasteiger partial charge >= 0.3 is 0 Å². The number of fused-ring (bicyclic) bond motifs is 2. The van der Waals surface area contributed by atoms with Gasteiger partial charge in [-0.05, 0) is 51.5 Å². The van der Waals surface area contributed by atoms with Gasteiger partial charge in [0.1, 0.15) is 29.9 Å². The number of nitrogens with one attached hydrogen (secondary N) is 1. The summed E-state index contributed by atoms with van der Waals surface area (Å²) in [6, 6.07) is 7.26. The van der Waals surface area contributed by atoms with E-state index in [1.165, 1.54) is 22.7 Å². The average molecular weight is 464 g/mol. The van der Waals surface area contributed by atoms with Crippen LogP contribution in [-0.4, -0.2) is 25.5 Å². The van der Waals surface area contributed by atoms with Gasteiger partial charge in [0, 0.05) is 6.07 Å². The number of aryl methyl sites for hydroxylation is 2. The third-order valence-electron chi connectivity index (χ3n) is 6.03. The smallest absolute Gasteiger partial charge is 0.235 e. The molecule has 4 aromatic rings. The highest BCUT2D eigenvalue weighted by Gasteiger charge is 2.42. The predicted molar refractivity (Wildman–Crippen MR) is 122 cm³/mol. The van der Waals surface area contributed by atoms with Gasteiger partial charge in [0.15, 0.2) is 5.82 Å². The van der Waals surface area contributed by atoms with Gasteiger partial charge in [-0.2, -0.15) is 5.10 Å². The normalized spacial score (nSPS) is 14.4. The number of rotatable bonds is 4. The molecular formula is C24H22F2N6O2. The Kier molecular flexibility index (Phi) is 4.78. The van der Waals surface area contributed by atoms with Crippen molar-refractivity contribution in [3.63, 3.8) is 0 Å². The van der Waals surface area contributed by atoms with E-state index in [0.29, 0.717) is 39.9 Å². The van der Waals surface area contributed by atoms with E-state index < -0.39 is 17.0 Å². The molecule has 1 aromatic carbocycles. The maximum Gasteiger partial charge on any atom is 0.235 e. The van der Waals surface area contributed by atoms with Gasteiger partial charge in [0.25, 0.3) is 0 Å². The standard InChI is InChI=1S/C24H22F2N6O2/c1-11-8-16-18(21-28-20(27)19-22(29-21)30-23(33)24(19,3)4)12(2)31-32(16)17(9-11)34-10-13-14(25)6-5-7-15(13)26/h5-9H,10H2,1-4H3,(H3,27,28,29,30,33). The first-order valence-corrected chi connectivity index (χ1v) is 10.6. The molecule has 4 heterocycles. The van der Waals surface area contributed by atoms with E-state index in [2.05, 4.69) is 20.4 Å². The molecule has 3 aromatic heterocycles. The molecule has 0 spiro atoms. The van der Waals surface area contributed by atoms with Gasteiger partial charge in [-0.3, -0.25) is 4.79 Å². The molecule has 0 bridgehead atoms. The molecule has 0 unspecified atom stereocenters. The summed E-state index contributed by atoms with van der Waals surface area (Å²) in [5.74, 6) is -0.392. The number of carbonyl (C=O) groups is 1. The number of hydrogen-bond acceptors (Lipinski definition) is 6. The Balaban J connectivity index is 1.61. The summed E-state index contributed by atoms with van der Waals surface area (Å²) in [6.45, 7) is 6.87. The largest absolute Gasteiger partial charge is 0.473 e. The molecule has 1 aliphatic heterocycles. The number of amides is 1. The Morgan fingerprint density at radius 1 is 1.15 bits per heavy atom. The van der Waals surface area contributed by atoms with Crippen molar-refractivity contribution in [3.05, 3.63) is 64.4 Å². The minimum Gasteiger partial charge on any atom is -0.473 e. The van der Waals surface area contributed by atoms with Crippen molar-refractivity contribution >= 4 is 23.1 Å². The number of ether oxygens (including phenoxy) is 1. The number of nitrogens with two attached hydrogens (primary N) is 1. The molecule has 1 amide bonds. The monoisotopic (exact) mass is 464 g/mol. The molecular weight excluding hydrogens is 442 g/mol. The van der Waals surface area contributed by atoms with Crippen molar-refractivity contribution in [1.29, 1.82) is 0 Å². The Bertz CT molecular complexity index is 1470. The summed E-state index contributed by atoms with van der Waals surface area (Å²) in [5.41, 5.74) is 8.46. The predicted octanol–water partition coefficient (Wildman–Crippen LogP) is 4.08. The number of pyridine rings is 1. The number of hydrogen-bond donors (Lipinski definition) is 2. The van der Waals surface area contributed by atoms with E-state index in [9.17, 15) is 13.6 Å². The highest BCUT2D eigenvalue weighted by atomic mass is 19.1. The third-order valence-corrected chi connectivity index (χ3v) is 6.03. The van der Waals surface area contributed by atoms with E-state index >= 15 is 0 Å². The fourth-order valence-electron chi connectivity index (χ4n) is 4.23. The molecule has 0 saturated heterocycles. The fourth-order valence-corrected chi connectivity index (χ4v) is 4.23. The van der Waals surface area contributed by atoms with Gasteiger partial charge in [-0.15, -0.1) is 0 Å². The Labute approximate surface area is 193 Å². The lowest BCUT2D eigenvalue weighted by Gasteiger charge is -2.16. The Hall–Kier alpha value is -4.08. The van der Waals surface area contributed by atoms with Crippen molar-refractivity contribution in [2.24, 2.45) is 0 Å². The summed E-state index contributed by atoms with van der Waals surface area (Å²) in [6.07, 6.45) is 0. The van der Waals surface area contributed by atoms with Crippen molar-refractivity contribution < 1.29 is 18.3 Å². The molecule has 0 radical (unpaired) electrons. The molecule has 34 heavy (non-hydrogen) atoms. The highest BCUT2D eigenvalue weighted by Crippen LogP contribution is 2.41. The molecule has 8 nitrogen and oxygen atoms in total. The number of nitrogens with zero attached hydrogens (tertiary/aromatic N) is 4. The van der Waals surface area contributed by atoms with Crippen molar-refractivity contribution in [2.75, 3.05) is 11.1 Å². The molecule has 0 fully saturated rings. The van der Waals surface area contributed by atoms with Gasteiger partial charge in [0.2, 0.25) is 11.8 Å². The van der Waals surface area contributed by atoms with Crippen LogP contribution < -0.4 is 15.8 Å². The van der Waals surface area contributed by atoms with Crippen LogP contribution in [0.15, 0.2) is 30.3 Å². The van der Waals surface area contributed by atoms with Crippen LogP contribution in [0.2, 0.25) is 0 Å². The van der Waals surface area contributed by atoms with Crippen LogP contribution in [0.25, 0.3) is 16.9 Å². The second-order valence-electron chi connectivity index (χ2n) is 8.85. The first-order valence-electron chi connectivity index (χ1n) is 10.6. The SMILES string of the molecule is Cc1cc(OCc2c(F)cccc2F)n2nc(C)c(-c3nc(N)c4c(n3)NC(=O)C4(C)C)c2c1. The van der Waals surface area contributed by atoms with Crippen molar-refractivity contribution in [1.82, 2.24) is 19.6 Å². The first kappa shape index (κ1) is 21.7. The first-order chi connectivity index (χ1) is 16.1. The van der Waals surface area contributed by atoms with E-state index in [1.807, 2.05) is 13.0 Å². The maximum absolute atomic E-state index is 14.1. The van der Waals surface area contributed by atoms with Gasteiger partial charge in [0.05, 0.1) is 33.3 Å². The van der Waals surface area contributed by atoms with E-state index in [-0.39, 0.29) is 23.9 Å². The zero-order valence-electron chi connectivity index (χ0n) is 19.0.